The number of aromatic nitrogens is 2. The van der Waals surface area contributed by atoms with Gasteiger partial charge in [-0.2, -0.15) is 5.10 Å². The zero-order valence-electron chi connectivity index (χ0n) is 16.6. The number of phenolic OH excluding ortho intramolecular Hbond substituents is 1. The minimum atomic E-state index is 0.0572. The molecule has 0 aliphatic rings. The van der Waals surface area contributed by atoms with E-state index >= 15 is 0 Å². The minimum absolute atomic E-state index is 0.0572. The maximum atomic E-state index is 10.6. The van der Waals surface area contributed by atoms with Crippen LogP contribution in [0, 0.1) is 13.8 Å². The zero-order valence-corrected chi connectivity index (χ0v) is 17.4. The van der Waals surface area contributed by atoms with E-state index in [1.54, 1.807) is 24.4 Å². The maximum Gasteiger partial charge on any atom is 0.173 e. The number of hydrogen-bond donors (Lipinski definition) is 2. The molecule has 0 aliphatic heterocycles. The molecule has 0 aliphatic carbocycles. The minimum Gasteiger partial charge on any atom is -0.507 e. The Hall–Kier alpha value is -3.44. The molecular weight excluding hydrogens is 400 g/mol. The van der Waals surface area contributed by atoms with E-state index in [0.717, 1.165) is 22.4 Å². The van der Waals surface area contributed by atoms with Gasteiger partial charge in [0.25, 0.3) is 0 Å². The van der Waals surface area contributed by atoms with Gasteiger partial charge in [0.05, 0.1) is 6.20 Å². The molecule has 30 heavy (non-hydrogen) atoms. The van der Waals surface area contributed by atoms with Crippen molar-refractivity contribution in [2.24, 2.45) is 0 Å². The highest BCUT2D eigenvalue weighted by Crippen LogP contribution is 2.38. The van der Waals surface area contributed by atoms with Crippen molar-refractivity contribution in [3.8, 4) is 34.3 Å². The summed E-state index contributed by atoms with van der Waals surface area (Å²) in [5.41, 5.74) is 4.15. The molecule has 0 bridgehead atoms. The SMILES string of the molecule is Cc1ccc(C)c(Oc2cn[nH]c2-c2ccc(OCc3ccccc3Cl)cc2O)c1. The number of aromatic amines is 1. The van der Waals surface area contributed by atoms with Crippen molar-refractivity contribution in [2.75, 3.05) is 0 Å². The molecule has 1 aromatic heterocycles. The van der Waals surface area contributed by atoms with E-state index < -0.39 is 0 Å². The van der Waals surface area contributed by atoms with Crippen LogP contribution >= 0.6 is 11.6 Å². The lowest BCUT2D eigenvalue weighted by molar-refractivity contribution is 0.304. The number of nitrogens with one attached hydrogen (secondary N) is 1. The summed E-state index contributed by atoms with van der Waals surface area (Å²) >= 11 is 6.16. The second kappa shape index (κ2) is 8.51. The molecule has 1 heterocycles. The van der Waals surface area contributed by atoms with Crippen LogP contribution in [0.1, 0.15) is 16.7 Å². The van der Waals surface area contributed by atoms with E-state index in [4.69, 9.17) is 21.1 Å². The fourth-order valence-electron chi connectivity index (χ4n) is 3.07. The van der Waals surface area contributed by atoms with E-state index in [0.29, 0.717) is 34.4 Å². The van der Waals surface area contributed by atoms with Crippen LogP contribution in [0.5, 0.6) is 23.0 Å². The van der Waals surface area contributed by atoms with E-state index in [1.807, 2.05) is 56.3 Å². The third-order valence-electron chi connectivity index (χ3n) is 4.76. The predicted molar refractivity (Wildman–Crippen MR) is 117 cm³/mol. The number of H-pyrrole nitrogens is 1. The standard InChI is InChI=1S/C24H21ClN2O3/c1-15-7-8-16(2)22(11-15)30-23-13-26-27-24(23)19-10-9-18(12-21(19)28)29-14-17-5-3-4-6-20(17)25/h3-13,28H,14H2,1-2H3,(H,26,27). The molecule has 5 nitrogen and oxygen atoms in total. The molecule has 2 N–H and O–H groups in total. The highest BCUT2D eigenvalue weighted by atomic mass is 35.5. The Morgan fingerprint density at radius 1 is 1.00 bits per heavy atom. The van der Waals surface area contributed by atoms with Crippen molar-refractivity contribution in [1.82, 2.24) is 10.2 Å². The van der Waals surface area contributed by atoms with Crippen LogP contribution in [0.15, 0.2) is 66.9 Å². The van der Waals surface area contributed by atoms with Crippen LogP contribution in [-0.2, 0) is 6.61 Å². The summed E-state index contributed by atoms with van der Waals surface area (Å²) < 4.78 is 11.8. The lowest BCUT2D eigenvalue weighted by Crippen LogP contribution is -1.96. The lowest BCUT2D eigenvalue weighted by Gasteiger charge is -2.12. The second-order valence-electron chi connectivity index (χ2n) is 7.04. The Morgan fingerprint density at radius 3 is 2.63 bits per heavy atom. The normalized spacial score (nSPS) is 10.8. The molecule has 0 saturated heterocycles. The van der Waals surface area contributed by atoms with E-state index in [2.05, 4.69) is 10.2 Å². The molecule has 0 amide bonds. The molecule has 0 spiro atoms. The van der Waals surface area contributed by atoms with Crippen molar-refractivity contribution >= 4 is 11.6 Å². The topological polar surface area (TPSA) is 67.4 Å². The summed E-state index contributed by atoms with van der Waals surface area (Å²) in [4.78, 5) is 0. The predicted octanol–water partition coefficient (Wildman–Crippen LogP) is 6.42. The van der Waals surface area contributed by atoms with Crippen LogP contribution in [0.3, 0.4) is 0 Å². The fourth-order valence-corrected chi connectivity index (χ4v) is 3.26. The summed E-state index contributed by atoms with van der Waals surface area (Å²) in [6.45, 7) is 4.30. The number of aromatic hydroxyl groups is 1. The Kier molecular flexibility index (Phi) is 5.63. The number of phenols is 1. The molecule has 4 aromatic rings. The number of hydrogen-bond acceptors (Lipinski definition) is 4. The first-order valence-corrected chi connectivity index (χ1v) is 9.87. The van der Waals surface area contributed by atoms with Gasteiger partial charge in [0, 0.05) is 22.2 Å². The third kappa shape index (κ3) is 4.26. The van der Waals surface area contributed by atoms with Gasteiger partial charge in [-0.15, -0.1) is 0 Å². The quantitative estimate of drug-likeness (QED) is 0.377. The molecule has 3 aromatic carbocycles. The summed E-state index contributed by atoms with van der Waals surface area (Å²) in [5, 5.41) is 18.2. The Morgan fingerprint density at radius 2 is 1.83 bits per heavy atom. The van der Waals surface area contributed by atoms with Gasteiger partial charge in [-0.05, 0) is 49.2 Å². The van der Waals surface area contributed by atoms with Crippen LogP contribution in [0.2, 0.25) is 5.02 Å². The fraction of sp³-hybridized carbons (Fsp3) is 0.125. The van der Waals surface area contributed by atoms with E-state index in [1.165, 1.54) is 0 Å². The number of benzene rings is 3. The molecule has 4 rings (SSSR count). The Labute approximate surface area is 179 Å². The zero-order chi connectivity index (χ0) is 21.1. The van der Waals surface area contributed by atoms with Crippen molar-refractivity contribution in [3.05, 3.63) is 88.6 Å². The largest absolute Gasteiger partial charge is 0.507 e. The first-order chi connectivity index (χ1) is 14.5. The highest BCUT2D eigenvalue weighted by molar-refractivity contribution is 6.31. The van der Waals surface area contributed by atoms with Crippen molar-refractivity contribution in [3.63, 3.8) is 0 Å². The van der Waals surface area contributed by atoms with Gasteiger partial charge in [-0.1, -0.05) is 41.9 Å². The van der Waals surface area contributed by atoms with Gasteiger partial charge < -0.3 is 14.6 Å². The summed E-state index contributed by atoms with van der Waals surface area (Å²) in [6, 6.07) is 18.6. The Bertz CT molecular complexity index is 1190. The number of aryl methyl sites for hydroxylation is 2. The first-order valence-electron chi connectivity index (χ1n) is 9.49. The monoisotopic (exact) mass is 420 g/mol. The molecule has 0 radical (unpaired) electrons. The van der Waals surface area contributed by atoms with Crippen molar-refractivity contribution in [1.29, 1.82) is 0 Å². The maximum absolute atomic E-state index is 10.6. The molecule has 0 unspecified atom stereocenters. The average molecular weight is 421 g/mol. The van der Waals surface area contributed by atoms with Crippen LogP contribution in [0.4, 0.5) is 0 Å². The number of ether oxygens (including phenoxy) is 2. The number of rotatable bonds is 6. The third-order valence-corrected chi connectivity index (χ3v) is 5.13. The van der Waals surface area contributed by atoms with Crippen LogP contribution in [-0.4, -0.2) is 15.3 Å². The summed E-state index contributed by atoms with van der Waals surface area (Å²) in [6.07, 6.45) is 1.60. The molecule has 152 valence electrons. The van der Waals surface area contributed by atoms with E-state index in [-0.39, 0.29) is 5.75 Å². The molecule has 0 atom stereocenters. The average Bonchev–Trinajstić information content (AvgIpc) is 3.18. The molecular formula is C24H21ClN2O3. The smallest absolute Gasteiger partial charge is 0.173 e. The molecule has 0 fully saturated rings. The summed E-state index contributed by atoms with van der Waals surface area (Å²) in [5.74, 6) is 1.87. The van der Waals surface area contributed by atoms with Gasteiger partial charge in [0.2, 0.25) is 0 Å². The van der Waals surface area contributed by atoms with Crippen molar-refractivity contribution in [2.45, 2.75) is 20.5 Å². The van der Waals surface area contributed by atoms with Gasteiger partial charge >= 0.3 is 0 Å². The van der Waals surface area contributed by atoms with Crippen LogP contribution in [0.25, 0.3) is 11.3 Å². The van der Waals surface area contributed by atoms with Crippen LogP contribution < -0.4 is 9.47 Å². The first kappa shape index (κ1) is 19.9. The Balaban J connectivity index is 1.55. The number of nitrogens with zero attached hydrogens (tertiary/aromatic N) is 1. The second-order valence-corrected chi connectivity index (χ2v) is 7.45. The van der Waals surface area contributed by atoms with Gasteiger partial charge in [0.1, 0.15) is 29.5 Å². The van der Waals surface area contributed by atoms with E-state index in [9.17, 15) is 5.11 Å². The van der Waals surface area contributed by atoms with Crippen molar-refractivity contribution < 1.29 is 14.6 Å². The lowest BCUT2D eigenvalue weighted by atomic mass is 10.1. The highest BCUT2D eigenvalue weighted by Gasteiger charge is 2.15. The van der Waals surface area contributed by atoms with Gasteiger partial charge in [-0.3, -0.25) is 5.10 Å². The number of halogens is 1. The van der Waals surface area contributed by atoms with Gasteiger partial charge in [0.15, 0.2) is 5.75 Å². The molecule has 6 heteroatoms. The summed E-state index contributed by atoms with van der Waals surface area (Å²) in [7, 11) is 0. The molecule has 0 saturated carbocycles. The van der Waals surface area contributed by atoms with Gasteiger partial charge in [-0.25, -0.2) is 0 Å².